The standard InChI is InChI=1S/C10H15F3N4O/c1-7(4-10(11,12)13)16-9(18)8-5-17(3-2-14)6-15-8/h5-7H,2-4,14H2,1H3,(H,16,18). The quantitative estimate of drug-likeness (QED) is 0.830. The number of imidazole rings is 1. The third kappa shape index (κ3) is 4.74. The molecule has 8 heteroatoms. The van der Waals surface area contributed by atoms with Crippen LogP contribution in [-0.4, -0.2) is 34.2 Å². The molecule has 0 fully saturated rings. The zero-order chi connectivity index (χ0) is 13.8. The van der Waals surface area contributed by atoms with E-state index < -0.39 is 24.5 Å². The molecule has 0 aromatic carbocycles. The van der Waals surface area contributed by atoms with Gasteiger partial charge in [-0.2, -0.15) is 13.2 Å². The molecule has 0 radical (unpaired) electrons. The Morgan fingerprint density at radius 2 is 2.28 bits per heavy atom. The van der Waals surface area contributed by atoms with Crippen LogP contribution in [0.25, 0.3) is 0 Å². The van der Waals surface area contributed by atoms with Gasteiger partial charge in [0, 0.05) is 25.3 Å². The van der Waals surface area contributed by atoms with E-state index in [1.54, 1.807) is 4.57 Å². The van der Waals surface area contributed by atoms with E-state index >= 15 is 0 Å². The smallest absolute Gasteiger partial charge is 0.348 e. The van der Waals surface area contributed by atoms with Crippen molar-refractivity contribution >= 4 is 5.91 Å². The molecule has 0 aliphatic heterocycles. The fourth-order valence-electron chi connectivity index (χ4n) is 1.44. The van der Waals surface area contributed by atoms with Crippen molar-refractivity contribution in [1.82, 2.24) is 14.9 Å². The summed E-state index contributed by atoms with van der Waals surface area (Å²) in [5.74, 6) is -0.623. The summed E-state index contributed by atoms with van der Waals surface area (Å²) in [5.41, 5.74) is 5.40. The van der Waals surface area contributed by atoms with Gasteiger partial charge >= 0.3 is 6.18 Å². The van der Waals surface area contributed by atoms with Gasteiger partial charge in [0.05, 0.1) is 12.7 Å². The van der Waals surface area contributed by atoms with Crippen LogP contribution in [0.3, 0.4) is 0 Å². The summed E-state index contributed by atoms with van der Waals surface area (Å²) in [7, 11) is 0. The van der Waals surface area contributed by atoms with Crippen LogP contribution >= 0.6 is 0 Å². The first-order valence-electron chi connectivity index (χ1n) is 5.41. The molecule has 1 heterocycles. The van der Waals surface area contributed by atoms with E-state index in [1.165, 1.54) is 19.4 Å². The highest BCUT2D eigenvalue weighted by Gasteiger charge is 2.30. The van der Waals surface area contributed by atoms with Crippen molar-refractivity contribution in [2.75, 3.05) is 6.54 Å². The van der Waals surface area contributed by atoms with Crippen molar-refractivity contribution < 1.29 is 18.0 Å². The molecule has 1 amide bonds. The van der Waals surface area contributed by atoms with Crippen molar-refractivity contribution in [1.29, 1.82) is 0 Å². The summed E-state index contributed by atoms with van der Waals surface area (Å²) < 4.78 is 37.8. The van der Waals surface area contributed by atoms with Gasteiger partial charge in [0.1, 0.15) is 5.69 Å². The van der Waals surface area contributed by atoms with Gasteiger partial charge in [-0.1, -0.05) is 0 Å². The number of nitrogens with two attached hydrogens (primary N) is 1. The van der Waals surface area contributed by atoms with E-state index in [0.717, 1.165) is 0 Å². The van der Waals surface area contributed by atoms with Gasteiger partial charge in [0.15, 0.2) is 0 Å². The second-order valence-electron chi connectivity index (χ2n) is 3.98. The Hall–Kier alpha value is -1.57. The first kappa shape index (κ1) is 14.5. The van der Waals surface area contributed by atoms with Crippen LogP contribution in [0.15, 0.2) is 12.5 Å². The molecule has 102 valence electrons. The number of alkyl halides is 3. The first-order valence-corrected chi connectivity index (χ1v) is 5.41. The molecule has 18 heavy (non-hydrogen) atoms. The van der Waals surface area contributed by atoms with Crippen LogP contribution in [0.1, 0.15) is 23.8 Å². The largest absolute Gasteiger partial charge is 0.391 e. The monoisotopic (exact) mass is 264 g/mol. The summed E-state index contributed by atoms with van der Waals surface area (Å²) in [6, 6.07) is -0.989. The van der Waals surface area contributed by atoms with Gasteiger partial charge in [-0.3, -0.25) is 4.79 Å². The van der Waals surface area contributed by atoms with Gasteiger partial charge in [0.2, 0.25) is 0 Å². The highest BCUT2D eigenvalue weighted by atomic mass is 19.4. The average molecular weight is 264 g/mol. The molecule has 1 atom stereocenters. The third-order valence-electron chi connectivity index (χ3n) is 2.17. The molecule has 0 spiro atoms. The molecule has 1 aromatic heterocycles. The number of hydrogen-bond acceptors (Lipinski definition) is 3. The molecule has 1 unspecified atom stereocenters. The Morgan fingerprint density at radius 3 is 2.83 bits per heavy atom. The zero-order valence-corrected chi connectivity index (χ0v) is 9.87. The third-order valence-corrected chi connectivity index (χ3v) is 2.17. The molecule has 5 nitrogen and oxygen atoms in total. The van der Waals surface area contributed by atoms with Crippen molar-refractivity contribution in [3.63, 3.8) is 0 Å². The van der Waals surface area contributed by atoms with Crippen LogP contribution < -0.4 is 11.1 Å². The number of halogens is 3. The SMILES string of the molecule is CC(CC(F)(F)F)NC(=O)c1cn(CCN)cn1. The Balaban J connectivity index is 2.53. The number of nitrogens with one attached hydrogen (secondary N) is 1. The number of rotatable bonds is 5. The van der Waals surface area contributed by atoms with Crippen LogP contribution in [0.5, 0.6) is 0 Å². The molecule has 0 aliphatic rings. The minimum absolute atomic E-state index is 0.0810. The number of carbonyl (C=O) groups excluding carboxylic acids is 1. The van der Waals surface area contributed by atoms with Crippen LogP contribution in [-0.2, 0) is 6.54 Å². The van der Waals surface area contributed by atoms with E-state index in [2.05, 4.69) is 10.3 Å². The van der Waals surface area contributed by atoms with Crippen LogP contribution in [0, 0.1) is 0 Å². The van der Waals surface area contributed by atoms with Crippen molar-refractivity contribution in [2.45, 2.75) is 32.1 Å². The fourth-order valence-corrected chi connectivity index (χ4v) is 1.44. The summed E-state index contributed by atoms with van der Waals surface area (Å²) in [5, 5.41) is 2.24. The van der Waals surface area contributed by atoms with Crippen molar-refractivity contribution in [2.24, 2.45) is 5.73 Å². The van der Waals surface area contributed by atoms with Crippen LogP contribution in [0.4, 0.5) is 13.2 Å². The lowest BCUT2D eigenvalue weighted by Gasteiger charge is -2.14. The number of aromatic nitrogens is 2. The number of carbonyl (C=O) groups is 1. The predicted molar refractivity (Wildman–Crippen MR) is 58.9 cm³/mol. The van der Waals surface area contributed by atoms with Gasteiger partial charge in [0.25, 0.3) is 5.91 Å². The van der Waals surface area contributed by atoms with E-state index in [-0.39, 0.29) is 5.69 Å². The lowest BCUT2D eigenvalue weighted by atomic mass is 10.2. The summed E-state index contributed by atoms with van der Waals surface area (Å²) in [6.45, 7) is 2.18. The van der Waals surface area contributed by atoms with E-state index in [9.17, 15) is 18.0 Å². The second kappa shape index (κ2) is 5.85. The van der Waals surface area contributed by atoms with Gasteiger partial charge in [-0.15, -0.1) is 0 Å². The zero-order valence-electron chi connectivity index (χ0n) is 9.87. The maximum Gasteiger partial charge on any atom is 0.391 e. The maximum absolute atomic E-state index is 12.1. The van der Waals surface area contributed by atoms with E-state index in [0.29, 0.717) is 13.1 Å². The topological polar surface area (TPSA) is 72.9 Å². The Bertz CT molecular complexity index is 402. The minimum atomic E-state index is -4.30. The Labute approximate surface area is 102 Å². The van der Waals surface area contributed by atoms with E-state index in [1.807, 2.05) is 0 Å². The number of amides is 1. The summed E-state index contributed by atoms with van der Waals surface area (Å²) >= 11 is 0. The molecule has 0 bridgehead atoms. The highest BCUT2D eigenvalue weighted by molar-refractivity contribution is 5.92. The molecule has 1 aromatic rings. The summed E-state index contributed by atoms with van der Waals surface area (Å²) in [6.07, 6.45) is -2.51. The second-order valence-corrected chi connectivity index (χ2v) is 3.98. The lowest BCUT2D eigenvalue weighted by Crippen LogP contribution is -2.36. The Morgan fingerprint density at radius 1 is 1.61 bits per heavy atom. The van der Waals surface area contributed by atoms with Gasteiger partial charge in [-0.25, -0.2) is 4.98 Å². The summed E-state index contributed by atoms with van der Waals surface area (Å²) in [4.78, 5) is 15.4. The first-order chi connectivity index (χ1) is 8.31. The minimum Gasteiger partial charge on any atom is -0.348 e. The molecule has 0 saturated heterocycles. The molecule has 0 saturated carbocycles. The Kier molecular flexibility index (Phi) is 4.71. The maximum atomic E-state index is 12.1. The van der Waals surface area contributed by atoms with Gasteiger partial charge in [-0.05, 0) is 6.92 Å². The number of nitrogens with zero attached hydrogens (tertiary/aromatic N) is 2. The fraction of sp³-hybridized carbons (Fsp3) is 0.600. The average Bonchev–Trinajstić information content (AvgIpc) is 2.63. The lowest BCUT2D eigenvalue weighted by molar-refractivity contribution is -0.138. The predicted octanol–water partition coefficient (Wildman–Crippen LogP) is 0.913. The normalized spacial score (nSPS) is 13.4. The van der Waals surface area contributed by atoms with Crippen molar-refractivity contribution in [3.05, 3.63) is 18.2 Å². The molecule has 3 N–H and O–H groups in total. The van der Waals surface area contributed by atoms with Gasteiger partial charge < -0.3 is 15.6 Å². The van der Waals surface area contributed by atoms with Crippen molar-refractivity contribution in [3.8, 4) is 0 Å². The molecule has 1 rings (SSSR count). The molecular weight excluding hydrogens is 249 g/mol. The number of hydrogen-bond donors (Lipinski definition) is 2. The molecule has 0 aliphatic carbocycles. The molecular formula is C10H15F3N4O. The highest BCUT2D eigenvalue weighted by Crippen LogP contribution is 2.21. The van der Waals surface area contributed by atoms with E-state index in [4.69, 9.17) is 5.73 Å². The van der Waals surface area contributed by atoms with Crippen LogP contribution in [0.2, 0.25) is 0 Å².